The van der Waals surface area contributed by atoms with E-state index in [2.05, 4.69) is 5.32 Å². The first-order chi connectivity index (χ1) is 9.43. The third-order valence-electron chi connectivity index (χ3n) is 2.46. The molecule has 0 radical (unpaired) electrons. The first-order valence-corrected chi connectivity index (χ1v) is 6.36. The van der Waals surface area contributed by atoms with Crippen LogP contribution in [-0.4, -0.2) is 43.4 Å². The maximum atomic E-state index is 12.1. The van der Waals surface area contributed by atoms with Crippen molar-refractivity contribution in [3.63, 3.8) is 0 Å². The number of nitrogens with zero attached hydrogens (tertiary/aromatic N) is 1. The number of carbonyl (C=O) groups is 2. The number of amides is 2. The number of carboxylic acids is 1. The minimum absolute atomic E-state index is 0.226. The summed E-state index contributed by atoms with van der Waals surface area (Å²) in [5.41, 5.74) is 0.457. The number of nitrogens with one attached hydrogen (secondary N) is 1. The number of hydrogen-bond acceptors (Lipinski definition) is 3. The molecule has 0 heterocycles. The molecule has 1 aromatic carbocycles. The third kappa shape index (κ3) is 5.07. The summed E-state index contributed by atoms with van der Waals surface area (Å²) in [6.07, 6.45) is 0. The number of anilines is 1. The Bertz CT molecular complexity index is 464. The predicted molar refractivity (Wildman–Crippen MR) is 76.3 cm³/mol. The summed E-state index contributed by atoms with van der Waals surface area (Å²) in [6.45, 7) is 1.67. The Morgan fingerprint density at radius 1 is 1.40 bits per heavy atom. The Kier molecular flexibility index (Phi) is 6.27. The summed E-state index contributed by atoms with van der Waals surface area (Å²) in [4.78, 5) is 24.1. The van der Waals surface area contributed by atoms with Crippen LogP contribution in [0.15, 0.2) is 24.3 Å². The molecular weight excluding hydrogens is 284 g/mol. The number of benzene rings is 1. The lowest BCUT2D eigenvalue weighted by Crippen LogP contribution is -2.47. The van der Waals surface area contributed by atoms with Gasteiger partial charge < -0.3 is 15.2 Å². The Hall–Kier alpha value is -1.79. The van der Waals surface area contributed by atoms with Crippen molar-refractivity contribution in [2.24, 2.45) is 0 Å². The van der Waals surface area contributed by atoms with Crippen LogP contribution in [0.4, 0.5) is 10.5 Å². The SMILES string of the molecule is COCC(C)NC(=O)N(CC(=O)O)c1ccc(Cl)cc1. The minimum Gasteiger partial charge on any atom is -0.480 e. The molecule has 1 unspecified atom stereocenters. The summed E-state index contributed by atoms with van der Waals surface area (Å²) in [7, 11) is 1.52. The molecule has 0 spiro atoms. The molecule has 7 heteroatoms. The van der Waals surface area contributed by atoms with Crippen LogP contribution in [-0.2, 0) is 9.53 Å². The van der Waals surface area contributed by atoms with Crippen molar-refractivity contribution >= 4 is 29.3 Å². The normalized spacial score (nSPS) is 11.8. The molecule has 0 aliphatic carbocycles. The van der Waals surface area contributed by atoms with Gasteiger partial charge in [0.15, 0.2) is 0 Å². The molecule has 0 aromatic heterocycles. The number of urea groups is 1. The van der Waals surface area contributed by atoms with E-state index < -0.39 is 18.5 Å². The van der Waals surface area contributed by atoms with Gasteiger partial charge in [0.2, 0.25) is 0 Å². The molecule has 0 aliphatic rings. The van der Waals surface area contributed by atoms with Gasteiger partial charge in [-0.1, -0.05) is 11.6 Å². The largest absolute Gasteiger partial charge is 0.480 e. The third-order valence-corrected chi connectivity index (χ3v) is 2.72. The summed E-state index contributed by atoms with van der Waals surface area (Å²) in [5, 5.41) is 12.1. The Morgan fingerprint density at radius 3 is 2.50 bits per heavy atom. The second kappa shape index (κ2) is 7.72. The van der Waals surface area contributed by atoms with E-state index >= 15 is 0 Å². The van der Waals surface area contributed by atoms with E-state index in [1.807, 2.05) is 0 Å². The Morgan fingerprint density at radius 2 is 2.00 bits per heavy atom. The molecule has 1 rings (SSSR count). The van der Waals surface area contributed by atoms with Gasteiger partial charge in [0.1, 0.15) is 6.54 Å². The highest BCUT2D eigenvalue weighted by molar-refractivity contribution is 6.30. The molecule has 0 saturated heterocycles. The second-order valence-corrected chi connectivity index (χ2v) is 4.70. The van der Waals surface area contributed by atoms with Crippen LogP contribution in [0.3, 0.4) is 0 Å². The number of halogens is 1. The molecule has 0 fully saturated rings. The average Bonchev–Trinajstić information content (AvgIpc) is 2.37. The molecule has 1 aromatic rings. The highest BCUT2D eigenvalue weighted by Crippen LogP contribution is 2.18. The molecule has 1 atom stereocenters. The molecule has 0 saturated carbocycles. The van der Waals surface area contributed by atoms with Gasteiger partial charge in [0, 0.05) is 17.8 Å². The van der Waals surface area contributed by atoms with Gasteiger partial charge in [-0.2, -0.15) is 0 Å². The van der Waals surface area contributed by atoms with Crippen LogP contribution in [0, 0.1) is 0 Å². The van der Waals surface area contributed by atoms with Crippen molar-refractivity contribution < 1.29 is 19.4 Å². The number of rotatable bonds is 6. The molecule has 0 bridgehead atoms. The second-order valence-electron chi connectivity index (χ2n) is 4.26. The predicted octanol–water partition coefficient (Wildman–Crippen LogP) is 1.98. The molecule has 0 aliphatic heterocycles. The summed E-state index contributed by atoms with van der Waals surface area (Å²) in [6, 6.07) is 5.64. The average molecular weight is 301 g/mol. The molecule has 2 N–H and O–H groups in total. The summed E-state index contributed by atoms with van der Waals surface area (Å²) >= 11 is 5.78. The number of hydrogen-bond donors (Lipinski definition) is 2. The minimum atomic E-state index is -1.10. The maximum absolute atomic E-state index is 12.1. The smallest absolute Gasteiger partial charge is 0.323 e. The van der Waals surface area contributed by atoms with Crippen LogP contribution in [0.25, 0.3) is 0 Å². The fourth-order valence-electron chi connectivity index (χ4n) is 1.62. The number of carboxylic acid groups (broad SMARTS) is 1. The highest BCUT2D eigenvalue weighted by Gasteiger charge is 2.20. The van der Waals surface area contributed by atoms with Crippen LogP contribution < -0.4 is 10.2 Å². The molecule has 20 heavy (non-hydrogen) atoms. The zero-order valence-corrected chi connectivity index (χ0v) is 12.1. The molecule has 2 amide bonds. The van der Waals surface area contributed by atoms with Crippen molar-refractivity contribution in [1.82, 2.24) is 5.32 Å². The highest BCUT2D eigenvalue weighted by atomic mass is 35.5. The van der Waals surface area contributed by atoms with Crippen molar-refractivity contribution in [3.05, 3.63) is 29.3 Å². The van der Waals surface area contributed by atoms with Gasteiger partial charge in [-0.15, -0.1) is 0 Å². The number of methoxy groups -OCH3 is 1. The van der Waals surface area contributed by atoms with Crippen molar-refractivity contribution in [1.29, 1.82) is 0 Å². The molecule has 6 nitrogen and oxygen atoms in total. The fraction of sp³-hybridized carbons (Fsp3) is 0.385. The maximum Gasteiger partial charge on any atom is 0.323 e. The Labute approximate surface area is 122 Å². The zero-order valence-electron chi connectivity index (χ0n) is 11.3. The lowest BCUT2D eigenvalue weighted by molar-refractivity contribution is -0.135. The van der Waals surface area contributed by atoms with Gasteiger partial charge in [0.05, 0.1) is 12.6 Å². The summed E-state index contributed by atoms with van der Waals surface area (Å²) in [5.74, 6) is -1.10. The van der Waals surface area contributed by atoms with Crippen molar-refractivity contribution in [2.45, 2.75) is 13.0 Å². The Balaban J connectivity index is 2.85. The van der Waals surface area contributed by atoms with E-state index in [1.54, 1.807) is 31.2 Å². The van der Waals surface area contributed by atoms with Gasteiger partial charge in [-0.05, 0) is 31.2 Å². The van der Waals surface area contributed by atoms with Crippen LogP contribution in [0.5, 0.6) is 0 Å². The first kappa shape index (κ1) is 16.3. The van der Waals surface area contributed by atoms with E-state index in [9.17, 15) is 9.59 Å². The lowest BCUT2D eigenvalue weighted by atomic mass is 10.3. The van der Waals surface area contributed by atoms with Crippen LogP contribution in [0.2, 0.25) is 5.02 Å². The first-order valence-electron chi connectivity index (χ1n) is 5.98. The van der Waals surface area contributed by atoms with E-state index in [4.69, 9.17) is 21.4 Å². The lowest BCUT2D eigenvalue weighted by Gasteiger charge is -2.23. The topological polar surface area (TPSA) is 78.9 Å². The number of carbonyl (C=O) groups excluding carboxylic acids is 1. The summed E-state index contributed by atoms with van der Waals surface area (Å²) < 4.78 is 4.92. The molecule has 110 valence electrons. The van der Waals surface area contributed by atoms with Gasteiger partial charge >= 0.3 is 12.0 Å². The number of ether oxygens (including phenoxy) is 1. The van der Waals surface area contributed by atoms with E-state index in [0.29, 0.717) is 17.3 Å². The van der Waals surface area contributed by atoms with Crippen molar-refractivity contribution in [3.8, 4) is 0 Å². The van der Waals surface area contributed by atoms with Crippen molar-refractivity contribution in [2.75, 3.05) is 25.2 Å². The fourth-order valence-corrected chi connectivity index (χ4v) is 1.74. The monoisotopic (exact) mass is 300 g/mol. The van der Waals surface area contributed by atoms with Crippen LogP contribution in [0.1, 0.15) is 6.92 Å². The van der Waals surface area contributed by atoms with E-state index in [1.165, 1.54) is 7.11 Å². The van der Waals surface area contributed by atoms with Gasteiger partial charge in [-0.3, -0.25) is 9.69 Å². The van der Waals surface area contributed by atoms with Gasteiger partial charge in [0.25, 0.3) is 0 Å². The standard InChI is InChI=1S/C13H17ClN2O4/c1-9(8-20-2)15-13(19)16(7-12(17)18)11-5-3-10(14)4-6-11/h3-6,9H,7-8H2,1-2H3,(H,15,19)(H,17,18). The van der Waals surface area contributed by atoms with Gasteiger partial charge in [-0.25, -0.2) is 4.79 Å². The zero-order chi connectivity index (χ0) is 15.1. The van der Waals surface area contributed by atoms with E-state index in [-0.39, 0.29) is 6.04 Å². The van der Waals surface area contributed by atoms with E-state index in [0.717, 1.165) is 4.90 Å². The quantitative estimate of drug-likeness (QED) is 0.842. The molecular formula is C13H17ClN2O4. The van der Waals surface area contributed by atoms with Crippen LogP contribution >= 0.6 is 11.6 Å². The number of aliphatic carboxylic acids is 1.